The summed E-state index contributed by atoms with van der Waals surface area (Å²) in [7, 11) is 0. The molecule has 0 radical (unpaired) electrons. The molecule has 0 bridgehead atoms. The fraction of sp³-hybridized carbons (Fsp3) is 0.375. The highest BCUT2D eigenvalue weighted by molar-refractivity contribution is 7.16. The van der Waals surface area contributed by atoms with Gasteiger partial charge in [0.05, 0.1) is 4.34 Å². The largest absolute Gasteiger partial charge is 0.310 e. The lowest BCUT2D eigenvalue weighted by Gasteiger charge is -2.19. The van der Waals surface area contributed by atoms with Crippen LogP contribution in [-0.4, -0.2) is 6.54 Å². The van der Waals surface area contributed by atoms with Crippen molar-refractivity contribution in [2.75, 3.05) is 6.54 Å². The standard InChI is InChI=1S/C16H20ClNS/c1-4-18-15(10-14-5-6-16(17)19-14)13-8-11(2)7-12(3)9-13/h5-9,15,18H,4,10H2,1-3H3. The zero-order chi connectivity index (χ0) is 13.8. The van der Waals surface area contributed by atoms with Gasteiger partial charge in [-0.05, 0) is 38.1 Å². The summed E-state index contributed by atoms with van der Waals surface area (Å²) in [6, 6.07) is 11.2. The molecule has 1 atom stereocenters. The summed E-state index contributed by atoms with van der Waals surface area (Å²) in [4.78, 5) is 1.33. The van der Waals surface area contributed by atoms with Gasteiger partial charge in [0, 0.05) is 17.3 Å². The van der Waals surface area contributed by atoms with Gasteiger partial charge in [-0.15, -0.1) is 11.3 Å². The molecule has 0 aliphatic carbocycles. The number of aryl methyl sites for hydroxylation is 2. The Labute approximate surface area is 124 Å². The third kappa shape index (κ3) is 4.07. The maximum atomic E-state index is 6.02. The van der Waals surface area contributed by atoms with Gasteiger partial charge < -0.3 is 5.32 Å². The van der Waals surface area contributed by atoms with Crippen LogP contribution in [0.4, 0.5) is 0 Å². The molecule has 0 spiro atoms. The van der Waals surface area contributed by atoms with E-state index in [-0.39, 0.29) is 0 Å². The van der Waals surface area contributed by atoms with Gasteiger partial charge in [-0.1, -0.05) is 47.9 Å². The highest BCUT2D eigenvalue weighted by atomic mass is 35.5. The fourth-order valence-electron chi connectivity index (χ4n) is 2.43. The topological polar surface area (TPSA) is 12.0 Å². The molecule has 1 N–H and O–H groups in total. The maximum absolute atomic E-state index is 6.02. The third-order valence-electron chi connectivity index (χ3n) is 3.13. The molecule has 0 fully saturated rings. The van der Waals surface area contributed by atoms with E-state index in [9.17, 15) is 0 Å². The molecule has 1 unspecified atom stereocenters. The van der Waals surface area contributed by atoms with Crippen LogP contribution >= 0.6 is 22.9 Å². The van der Waals surface area contributed by atoms with Crippen molar-refractivity contribution in [1.29, 1.82) is 0 Å². The predicted molar refractivity (Wildman–Crippen MR) is 85.4 cm³/mol. The Kier molecular flexibility index (Phi) is 5.03. The monoisotopic (exact) mass is 293 g/mol. The van der Waals surface area contributed by atoms with E-state index in [1.165, 1.54) is 21.6 Å². The first-order chi connectivity index (χ1) is 9.08. The Morgan fingerprint density at radius 3 is 2.37 bits per heavy atom. The summed E-state index contributed by atoms with van der Waals surface area (Å²) >= 11 is 7.69. The van der Waals surface area contributed by atoms with Gasteiger partial charge >= 0.3 is 0 Å². The molecule has 0 saturated heterocycles. The van der Waals surface area contributed by atoms with Crippen molar-refractivity contribution in [1.82, 2.24) is 5.32 Å². The minimum Gasteiger partial charge on any atom is -0.310 e. The van der Waals surface area contributed by atoms with Gasteiger partial charge in [0.15, 0.2) is 0 Å². The Morgan fingerprint density at radius 2 is 1.84 bits per heavy atom. The normalized spacial score (nSPS) is 12.6. The minimum absolute atomic E-state index is 0.360. The lowest BCUT2D eigenvalue weighted by molar-refractivity contribution is 0.553. The molecular weight excluding hydrogens is 274 g/mol. The molecule has 19 heavy (non-hydrogen) atoms. The zero-order valence-electron chi connectivity index (χ0n) is 11.7. The van der Waals surface area contributed by atoms with E-state index in [4.69, 9.17) is 11.6 Å². The molecule has 102 valence electrons. The molecular formula is C16H20ClNS. The Bertz CT molecular complexity index is 527. The van der Waals surface area contributed by atoms with Gasteiger partial charge in [0.25, 0.3) is 0 Å². The molecule has 0 aliphatic rings. The number of hydrogen-bond donors (Lipinski definition) is 1. The number of nitrogens with one attached hydrogen (secondary N) is 1. The summed E-state index contributed by atoms with van der Waals surface area (Å²) in [5.74, 6) is 0. The van der Waals surface area contributed by atoms with Crippen molar-refractivity contribution in [2.24, 2.45) is 0 Å². The Morgan fingerprint density at radius 1 is 1.16 bits per heavy atom. The number of thiophene rings is 1. The van der Waals surface area contributed by atoms with Crippen molar-refractivity contribution < 1.29 is 0 Å². The summed E-state index contributed by atoms with van der Waals surface area (Å²) in [5.41, 5.74) is 4.01. The molecule has 1 heterocycles. The molecule has 0 saturated carbocycles. The van der Waals surface area contributed by atoms with Crippen LogP contribution in [0.15, 0.2) is 30.3 Å². The first-order valence-corrected chi connectivity index (χ1v) is 7.83. The van der Waals surface area contributed by atoms with Crippen LogP contribution in [0.25, 0.3) is 0 Å². The van der Waals surface area contributed by atoms with Crippen molar-refractivity contribution in [3.8, 4) is 0 Å². The Balaban J connectivity index is 2.23. The molecule has 0 amide bonds. The van der Waals surface area contributed by atoms with E-state index >= 15 is 0 Å². The van der Waals surface area contributed by atoms with E-state index in [0.717, 1.165) is 17.3 Å². The number of halogens is 1. The summed E-state index contributed by atoms with van der Waals surface area (Å²) in [6.07, 6.45) is 0.994. The maximum Gasteiger partial charge on any atom is 0.0931 e. The number of hydrogen-bond acceptors (Lipinski definition) is 2. The number of benzene rings is 1. The molecule has 3 heteroatoms. The minimum atomic E-state index is 0.360. The number of rotatable bonds is 5. The number of likely N-dealkylation sites (N-methyl/N-ethyl adjacent to an activating group) is 1. The molecule has 2 aromatic rings. The summed E-state index contributed by atoms with van der Waals surface area (Å²) in [6.45, 7) is 7.43. The average molecular weight is 294 g/mol. The van der Waals surface area contributed by atoms with Gasteiger partial charge in [-0.25, -0.2) is 0 Å². The van der Waals surface area contributed by atoms with Gasteiger partial charge in [0.2, 0.25) is 0 Å². The van der Waals surface area contributed by atoms with Crippen molar-refractivity contribution in [3.63, 3.8) is 0 Å². The highest BCUT2D eigenvalue weighted by Gasteiger charge is 2.13. The van der Waals surface area contributed by atoms with Gasteiger partial charge in [-0.2, -0.15) is 0 Å². The van der Waals surface area contributed by atoms with Crippen molar-refractivity contribution in [2.45, 2.75) is 33.2 Å². The smallest absolute Gasteiger partial charge is 0.0931 e. The Hall–Kier alpha value is -0.830. The second-order valence-electron chi connectivity index (χ2n) is 4.94. The predicted octanol–water partition coefficient (Wildman–Crippen LogP) is 4.91. The lowest BCUT2D eigenvalue weighted by atomic mass is 9.98. The van der Waals surface area contributed by atoms with Crippen LogP contribution in [0, 0.1) is 13.8 Å². The quantitative estimate of drug-likeness (QED) is 0.826. The summed E-state index contributed by atoms with van der Waals surface area (Å²) < 4.78 is 0.866. The third-order valence-corrected chi connectivity index (χ3v) is 4.38. The average Bonchev–Trinajstić information content (AvgIpc) is 2.73. The second kappa shape index (κ2) is 6.56. The van der Waals surface area contributed by atoms with Crippen molar-refractivity contribution in [3.05, 3.63) is 56.2 Å². The van der Waals surface area contributed by atoms with Crippen LogP contribution in [-0.2, 0) is 6.42 Å². The van der Waals surface area contributed by atoms with Crippen molar-refractivity contribution >= 4 is 22.9 Å². The SMILES string of the molecule is CCNC(Cc1ccc(Cl)s1)c1cc(C)cc(C)c1. The highest BCUT2D eigenvalue weighted by Crippen LogP contribution is 2.27. The molecule has 1 aromatic heterocycles. The van der Waals surface area contributed by atoms with E-state index in [1.54, 1.807) is 11.3 Å². The summed E-state index contributed by atoms with van der Waals surface area (Å²) in [5, 5.41) is 3.57. The fourth-order valence-corrected chi connectivity index (χ4v) is 3.56. The van der Waals surface area contributed by atoms with Crippen LogP contribution in [0.2, 0.25) is 4.34 Å². The van der Waals surface area contributed by atoms with Crippen LogP contribution in [0.5, 0.6) is 0 Å². The zero-order valence-corrected chi connectivity index (χ0v) is 13.2. The first kappa shape index (κ1) is 14.6. The van der Waals surface area contributed by atoms with E-state index in [0.29, 0.717) is 6.04 Å². The van der Waals surface area contributed by atoms with Gasteiger partial charge in [0.1, 0.15) is 0 Å². The van der Waals surface area contributed by atoms with Crippen LogP contribution in [0.3, 0.4) is 0 Å². The lowest BCUT2D eigenvalue weighted by Crippen LogP contribution is -2.22. The van der Waals surface area contributed by atoms with E-state index in [1.807, 2.05) is 6.07 Å². The van der Waals surface area contributed by atoms with Gasteiger partial charge in [-0.3, -0.25) is 0 Å². The van der Waals surface area contributed by atoms with Crippen LogP contribution in [0.1, 0.15) is 34.5 Å². The second-order valence-corrected chi connectivity index (χ2v) is 6.74. The first-order valence-electron chi connectivity index (χ1n) is 6.64. The van der Waals surface area contributed by atoms with E-state index in [2.05, 4.69) is 50.4 Å². The van der Waals surface area contributed by atoms with E-state index < -0.39 is 0 Å². The molecule has 2 rings (SSSR count). The van der Waals surface area contributed by atoms with Crippen LogP contribution < -0.4 is 5.32 Å². The molecule has 0 aliphatic heterocycles. The molecule has 1 nitrogen and oxygen atoms in total. The molecule has 1 aromatic carbocycles.